The van der Waals surface area contributed by atoms with E-state index in [1.165, 1.54) is 82.1 Å². The molecule has 0 bridgehead atoms. The molecule has 57 heavy (non-hydrogen) atoms. The van der Waals surface area contributed by atoms with E-state index in [-0.39, 0.29) is 0 Å². The summed E-state index contributed by atoms with van der Waals surface area (Å²) in [6, 6.07) is 70.5. The van der Waals surface area contributed by atoms with Crippen molar-refractivity contribution in [3.8, 4) is 16.8 Å². The van der Waals surface area contributed by atoms with Gasteiger partial charge in [0.05, 0.1) is 16.7 Å². The Morgan fingerprint density at radius 2 is 1.00 bits per heavy atom. The fourth-order valence-electron chi connectivity index (χ4n) is 9.02. The summed E-state index contributed by atoms with van der Waals surface area (Å²) in [5.74, 6) is 0. The Kier molecular flexibility index (Phi) is 8.00. The second-order valence-corrected chi connectivity index (χ2v) is 15.0. The van der Waals surface area contributed by atoms with Crippen LogP contribution in [0, 0.1) is 0 Å². The maximum absolute atomic E-state index is 5.48. The molecule has 0 unspecified atom stereocenters. The zero-order valence-corrected chi connectivity index (χ0v) is 31.4. The number of hydrogen-bond donors (Lipinski definition) is 0. The third-order valence-corrected chi connectivity index (χ3v) is 11.7. The number of aromatic nitrogens is 1. The molecule has 268 valence electrons. The summed E-state index contributed by atoms with van der Waals surface area (Å²) >= 11 is 0. The number of nitrogens with zero attached hydrogens (tertiary/aromatic N) is 2. The Morgan fingerprint density at radius 3 is 1.79 bits per heavy atom. The molecule has 1 aromatic heterocycles. The molecule has 0 saturated carbocycles. The number of rotatable bonds is 5. The van der Waals surface area contributed by atoms with Crippen molar-refractivity contribution in [3.63, 3.8) is 0 Å². The van der Waals surface area contributed by atoms with Gasteiger partial charge in [0.25, 0.3) is 0 Å². The molecule has 0 atom stereocenters. The summed E-state index contributed by atoms with van der Waals surface area (Å²) in [6.45, 7) is 0. The normalized spacial score (nSPS) is 16.2. The summed E-state index contributed by atoms with van der Waals surface area (Å²) in [5, 5.41) is 10.1. The van der Waals surface area contributed by atoms with Crippen LogP contribution < -0.4 is 0 Å². The minimum atomic E-state index is 0.847. The van der Waals surface area contributed by atoms with Crippen LogP contribution in [0.25, 0.3) is 82.2 Å². The van der Waals surface area contributed by atoms with Gasteiger partial charge in [0, 0.05) is 27.7 Å². The van der Waals surface area contributed by atoms with E-state index in [0.717, 1.165) is 35.4 Å². The van der Waals surface area contributed by atoms with Gasteiger partial charge in [-0.15, -0.1) is 0 Å². The lowest BCUT2D eigenvalue weighted by Crippen LogP contribution is -2.04. The Hall–Kier alpha value is -7.29. The van der Waals surface area contributed by atoms with Gasteiger partial charge in [-0.3, -0.25) is 4.99 Å². The molecule has 0 saturated heterocycles. The SMILES string of the molecule is C1=C(c2ccccc2)\N=C(\c2ccc3c(c2)c2ccccc2c2cccc(-c4ccc5c(c4)c4ccccc4n5-c4ccccc4)c23)CC\C=C/1c1ccccc1. The molecule has 2 nitrogen and oxygen atoms in total. The molecular weight excluding hydrogens is 689 g/mol. The van der Waals surface area contributed by atoms with Crippen molar-refractivity contribution in [3.05, 3.63) is 223 Å². The molecule has 0 amide bonds. The van der Waals surface area contributed by atoms with E-state index in [9.17, 15) is 0 Å². The van der Waals surface area contributed by atoms with Gasteiger partial charge in [0.15, 0.2) is 0 Å². The standard InChI is InChI=1S/C55H38N2/c1-4-16-37(17-5-1)39-20-14-28-51(56-52(36-39)38-18-6-2-7-19-38)41-30-32-48-49(35-41)45-24-11-10-23-44(45)47-27-15-26-43(55(47)48)40-31-33-54-50(34-40)46-25-12-13-29-53(46)57(54)42-21-8-3-9-22-42/h1-13,15-27,29-36H,14,28H2/b39-20+,52-36-,56-51+. The van der Waals surface area contributed by atoms with E-state index in [4.69, 9.17) is 4.99 Å². The summed E-state index contributed by atoms with van der Waals surface area (Å²) in [6.07, 6.45) is 6.39. The summed E-state index contributed by atoms with van der Waals surface area (Å²) in [4.78, 5) is 5.48. The lowest BCUT2D eigenvalue weighted by molar-refractivity contribution is 1.09. The lowest BCUT2D eigenvalue weighted by Gasteiger charge is -2.17. The van der Waals surface area contributed by atoms with E-state index < -0.39 is 0 Å². The first-order valence-corrected chi connectivity index (χ1v) is 19.9. The number of hydrogen-bond acceptors (Lipinski definition) is 1. The van der Waals surface area contributed by atoms with Crippen molar-refractivity contribution in [1.29, 1.82) is 0 Å². The van der Waals surface area contributed by atoms with Crippen LogP contribution in [0.2, 0.25) is 0 Å². The van der Waals surface area contributed by atoms with Crippen molar-refractivity contribution in [2.24, 2.45) is 4.99 Å². The highest BCUT2D eigenvalue weighted by Crippen LogP contribution is 2.43. The van der Waals surface area contributed by atoms with E-state index >= 15 is 0 Å². The van der Waals surface area contributed by atoms with Crippen LogP contribution in [0.15, 0.2) is 211 Å². The van der Waals surface area contributed by atoms with E-state index in [2.05, 4.69) is 211 Å². The molecule has 1 aliphatic heterocycles. The average molecular weight is 727 g/mol. The quantitative estimate of drug-likeness (QED) is 0.157. The van der Waals surface area contributed by atoms with Gasteiger partial charge >= 0.3 is 0 Å². The molecule has 0 spiro atoms. The van der Waals surface area contributed by atoms with Crippen LogP contribution in [-0.4, -0.2) is 10.3 Å². The van der Waals surface area contributed by atoms with Crippen molar-refractivity contribution in [2.75, 3.05) is 0 Å². The minimum absolute atomic E-state index is 0.847. The number of benzene rings is 9. The highest BCUT2D eigenvalue weighted by Gasteiger charge is 2.18. The van der Waals surface area contributed by atoms with Gasteiger partial charge in [0.1, 0.15) is 0 Å². The molecule has 0 radical (unpaired) electrons. The molecule has 10 aromatic rings. The molecule has 0 N–H and O–H groups in total. The monoisotopic (exact) mass is 726 g/mol. The maximum atomic E-state index is 5.48. The van der Waals surface area contributed by atoms with Gasteiger partial charge < -0.3 is 4.57 Å². The fraction of sp³-hybridized carbons (Fsp3) is 0.0364. The van der Waals surface area contributed by atoms with E-state index in [1.807, 2.05) is 0 Å². The van der Waals surface area contributed by atoms with Crippen LogP contribution in [-0.2, 0) is 0 Å². The van der Waals surface area contributed by atoms with Gasteiger partial charge in [-0.05, 0) is 115 Å². The predicted octanol–water partition coefficient (Wildman–Crippen LogP) is 14.6. The average Bonchev–Trinajstić information content (AvgIpc) is 3.61. The second kappa shape index (κ2) is 13.8. The zero-order valence-electron chi connectivity index (χ0n) is 31.4. The number of para-hydroxylation sites is 2. The van der Waals surface area contributed by atoms with Gasteiger partial charge in [0.2, 0.25) is 0 Å². The Labute approximate surface area is 332 Å². The zero-order chi connectivity index (χ0) is 37.7. The van der Waals surface area contributed by atoms with Crippen molar-refractivity contribution < 1.29 is 0 Å². The van der Waals surface area contributed by atoms with Gasteiger partial charge in [-0.25, -0.2) is 0 Å². The first-order chi connectivity index (χ1) is 28.3. The van der Waals surface area contributed by atoms with Crippen molar-refractivity contribution in [2.45, 2.75) is 12.8 Å². The van der Waals surface area contributed by atoms with Crippen molar-refractivity contribution in [1.82, 2.24) is 4.57 Å². The Bertz CT molecular complexity index is 3260. The lowest BCUT2D eigenvalue weighted by atomic mass is 9.88. The third kappa shape index (κ3) is 5.69. The van der Waals surface area contributed by atoms with Crippen LogP contribution in [0.3, 0.4) is 0 Å². The third-order valence-electron chi connectivity index (χ3n) is 11.7. The van der Waals surface area contributed by atoms with Crippen molar-refractivity contribution >= 4 is 71.1 Å². The van der Waals surface area contributed by atoms with Crippen LogP contribution in [0.5, 0.6) is 0 Å². The van der Waals surface area contributed by atoms with E-state index in [1.54, 1.807) is 0 Å². The second-order valence-electron chi connectivity index (χ2n) is 15.0. The Morgan fingerprint density at radius 1 is 0.404 bits per heavy atom. The van der Waals surface area contributed by atoms with Crippen LogP contribution >= 0.6 is 0 Å². The summed E-state index contributed by atoms with van der Waals surface area (Å²) in [7, 11) is 0. The highest BCUT2D eigenvalue weighted by molar-refractivity contribution is 6.29. The summed E-state index contributed by atoms with van der Waals surface area (Å²) in [5.41, 5.74) is 12.8. The highest BCUT2D eigenvalue weighted by atomic mass is 15.0. The largest absolute Gasteiger partial charge is 0.309 e. The molecule has 0 aliphatic carbocycles. The molecule has 2 heteroatoms. The van der Waals surface area contributed by atoms with Gasteiger partial charge in [-0.1, -0.05) is 164 Å². The smallest absolute Gasteiger partial charge is 0.0711 e. The molecule has 11 rings (SSSR count). The molecule has 1 aliphatic rings. The minimum Gasteiger partial charge on any atom is -0.309 e. The molecular formula is C55H38N2. The van der Waals surface area contributed by atoms with E-state index in [0.29, 0.717) is 0 Å². The molecule has 9 aromatic carbocycles. The number of aliphatic imine (C=N–C) groups is 1. The van der Waals surface area contributed by atoms with Gasteiger partial charge in [-0.2, -0.15) is 0 Å². The van der Waals surface area contributed by atoms with Crippen LogP contribution in [0.1, 0.15) is 29.5 Å². The number of fused-ring (bicyclic) bond motifs is 9. The summed E-state index contributed by atoms with van der Waals surface area (Å²) < 4.78 is 2.39. The topological polar surface area (TPSA) is 17.3 Å². The predicted molar refractivity (Wildman–Crippen MR) is 243 cm³/mol. The first-order valence-electron chi connectivity index (χ1n) is 19.9. The first kappa shape index (κ1) is 33.1. The maximum Gasteiger partial charge on any atom is 0.0711 e. The fourth-order valence-corrected chi connectivity index (χ4v) is 9.02. The van der Waals surface area contributed by atoms with Crippen LogP contribution in [0.4, 0.5) is 0 Å². The Balaban J connectivity index is 1.11. The number of allylic oxidation sites excluding steroid dienone is 3. The molecule has 2 heterocycles. The molecule has 0 fully saturated rings.